The van der Waals surface area contributed by atoms with Crippen LogP contribution in [0.1, 0.15) is 39.5 Å². The van der Waals surface area contributed by atoms with Gasteiger partial charge in [-0.15, -0.1) is 11.8 Å². The van der Waals surface area contributed by atoms with Crippen LogP contribution in [0.15, 0.2) is 9.79 Å². The van der Waals surface area contributed by atoms with Crippen LogP contribution in [-0.4, -0.2) is 26.5 Å². The van der Waals surface area contributed by atoms with Gasteiger partial charge in [0.15, 0.2) is 10.6 Å². The highest BCUT2D eigenvalue weighted by atomic mass is 32.2. The zero-order valence-electron chi connectivity index (χ0n) is 13.3. The molecule has 2 atom stereocenters. The summed E-state index contributed by atoms with van der Waals surface area (Å²) < 4.78 is 0.174. The van der Waals surface area contributed by atoms with Crippen molar-refractivity contribution in [2.24, 2.45) is 16.8 Å². The van der Waals surface area contributed by atoms with Crippen molar-refractivity contribution >= 4 is 46.3 Å². The number of ketones is 1. The predicted molar refractivity (Wildman–Crippen MR) is 98.0 cm³/mol. The fourth-order valence-electron chi connectivity index (χ4n) is 2.84. The standard InChI is InChI=1S/C15H22N4O2S2/c1-8-5-3-4-6-10(8)11(20)7-23-9(2)17-13-12(16)14(21)19-15(22)18-13/h8,10H,3-7,16H2,1-2H3,(H2,18,19,21,22)/b17-9+. The maximum absolute atomic E-state index is 12.4. The molecule has 1 aliphatic carbocycles. The van der Waals surface area contributed by atoms with Crippen molar-refractivity contribution in [3.63, 3.8) is 0 Å². The molecule has 1 aromatic heterocycles. The van der Waals surface area contributed by atoms with Gasteiger partial charge in [-0.05, 0) is 31.5 Å². The molecule has 0 amide bonds. The second-order valence-electron chi connectivity index (χ2n) is 5.92. The Kier molecular flexibility index (Phi) is 6.17. The summed E-state index contributed by atoms with van der Waals surface area (Å²) in [7, 11) is 0. The summed E-state index contributed by atoms with van der Waals surface area (Å²) in [6.07, 6.45) is 4.48. The van der Waals surface area contributed by atoms with E-state index >= 15 is 0 Å². The van der Waals surface area contributed by atoms with E-state index in [4.69, 9.17) is 18.0 Å². The monoisotopic (exact) mass is 354 g/mol. The number of Topliss-reactive ketones (excluding diaryl/α,β-unsaturated/α-hetero) is 1. The van der Waals surface area contributed by atoms with Gasteiger partial charge in [-0.2, -0.15) is 0 Å². The van der Waals surface area contributed by atoms with Gasteiger partial charge < -0.3 is 10.7 Å². The van der Waals surface area contributed by atoms with Crippen molar-refractivity contribution in [3.05, 3.63) is 15.1 Å². The molecule has 0 bridgehead atoms. The lowest BCUT2D eigenvalue weighted by molar-refractivity contribution is -0.122. The van der Waals surface area contributed by atoms with Gasteiger partial charge in [0.25, 0.3) is 5.56 Å². The Morgan fingerprint density at radius 1 is 1.39 bits per heavy atom. The highest BCUT2D eigenvalue weighted by Gasteiger charge is 2.27. The molecule has 8 heteroatoms. The molecule has 0 aliphatic heterocycles. The van der Waals surface area contributed by atoms with Crippen molar-refractivity contribution < 1.29 is 4.79 Å². The fourth-order valence-corrected chi connectivity index (χ4v) is 3.75. The average Bonchev–Trinajstić information content (AvgIpc) is 2.50. The molecule has 126 valence electrons. The molecule has 4 N–H and O–H groups in total. The van der Waals surface area contributed by atoms with Gasteiger partial charge in [-0.1, -0.05) is 26.2 Å². The number of nitrogens with one attached hydrogen (secondary N) is 2. The molecular formula is C15H22N4O2S2. The van der Waals surface area contributed by atoms with Crippen LogP contribution in [0.5, 0.6) is 0 Å². The van der Waals surface area contributed by atoms with Gasteiger partial charge in [0.1, 0.15) is 11.5 Å². The smallest absolute Gasteiger partial charge is 0.277 e. The van der Waals surface area contributed by atoms with Gasteiger partial charge in [0, 0.05) is 5.92 Å². The highest BCUT2D eigenvalue weighted by Crippen LogP contribution is 2.31. The lowest BCUT2D eigenvalue weighted by Gasteiger charge is -2.27. The molecule has 0 saturated heterocycles. The summed E-state index contributed by atoms with van der Waals surface area (Å²) in [6, 6.07) is 0. The van der Waals surface area contributed by atoms with Gasteiger partial charge in [0.05, 0.1) is 10.8 Å². The summed E-state index contributed by atoms with van der Waals surface area (Å²) >= 11 is 6.28. The Morgan fingerprint density at radius 2 is 2.09 bits per heavy atom. The Bertz CT molecular complexity index is 723. The Morgan fingerprint density at radius 3 is 2.78 bits per heavy atom. The van der Waals surface area contributed by atoms with E-state index in [2.05, 4.69) is 21.9 Å². The van der Waals surface area contributed by atoms with E-state index in [9.17, 15) is 9.59 Å². The predicted octanol–water partition coefficient (Wildman–Crippen LogP) is 3.19. The van der Waals surface area contributed by atoms with Crippen LogP contribution in [0, 0.1) is 16.6 Å². The topological polar surface area (TPSA) is 104 Å². The summed E-state index contributed by atoms with van der Waals surface area (Å²) in [4.78, 5) is 33.3. The third-order valence-electron chi connectivity index (χ3n) is 4.18. The second kappa shape index (κ2) is 7.92. The number of aliphatic imine (C=N–C) groups is 1. The number of nitrogen functional groups attached to an aromatic ring is 1. The van der Waals surface area contributed by atoms with Gasteiger partial charge in [-0.25, -0.2) is 4.99 Å². The highest BCUT2D eigenvalue weighted by molar-refractivity contribution is 8.14. The van der Waals surface area contributed by atoms with Gasteiger partial charge >= 0.3 is 0 Å². The molecule has 2 rings (SSSR count). The first kappa shape index (κ1) is 17.9. The van der Waals surface area contributed by atoms with E-state index in [1.54, 1.807) is 6.92 Å². The van der Waals surface area contributed by atoms with Crippen LogP contribution in [0.25, 0.3) is 0 Å². The lowest BCUT2D eigenvalue weighted by atomic mass is 9.78. The van der Waals surface area contributed by atoms with E-state index in [1.807, 2.05) is 0 Å². The largest absolute Gasteiger partial charge is 0.391 e. The van der Waals surface area contributed by atoms with Crippen LogP contribution in [-0.2, 0) is 4.79 Å². The molecule has 6 nitrogen and oxygen atoms in total. The number of hydrogen-bond donors (Lipinski definition) is 3. The van der Waals surface area contributed by atoms with E-state index in [0.29, 0.717) is 16.7 Å². The molecule has 1 aromatic rings. The Labute approximate surface area is 144 Å². The summed E-state index contributed by atoms with van der Waals surface area (Å²) in [5.74, 6) is 1.55. The number of carbonyl (C=O) groups is 1. The molecule has 23 heavy (non-hydrogen) atoms. The molecule has 1 aliphatic rings. The minimum absolute atomic E-state index is 0.00854. The Balaban J connectivity index is 2.02. The van der Waals surface area contributed by atoms with Crippen molar-refractivity contribution in [2.75, 3.05) is 11.5 Å². The third-order valence-corrected chi connectivity index (χ3v) is 5.32. The normalized spacial score (nSPS) is 22.1. The number of hydrogen-bond acceptors (Lipinski definition) is 6. The first-order valence-electron chi connectivity index (χ1n) is 7.71. The molecule has 0 radical (unpaired) electrons. The van der Waals surface area contributed by atoms with Crippen LogP contribution in [0.3, 0.4) is 0 Å². The number of nitrogens with zero attached hydrogens (tertiary/aromatic N) is 1. The van der Waals surface area contributed by atoms with Crippen molar-refractivity contribution in [2.45, 2.75) is 39.5 Å². The number of thioether (sulfide) groups is 1. The van der Waals surface area contributed by atoms with Crippen molar-refractivity contribution in [3.8, 4) is 0 Å². The first-order valence-corrected chi connectivity index (χ1v) is 9.10. The lowest BCUT2D eigenvalue weighted by Crippen LogP contribution is -2.26. The van der Waals surface area contributed by atoms with Gasteiger partial charge in [-0.3, -0.25) is 14.6 Å². The maximum atomic E-state index is 12.4. The summed E-state index contributed by atoms with van der Waals surface area (Å²) in [6.45, 7) is 3.95. The average molecular weight is 355 g/mol. The van der Waals surface area contributed by atoms with E-state index in [-0.39, 0.29) is 28.0 Å². The number of aromatic amines is 2. The zero-order valence-corrected chi connectivity index (χ0v) is 15.0. The number of nitrogens with two attached hydrogens (primary N) is 1. The SMILES string of the molecule is C/C(=N\c1[nH]c(=S)[nH]c(=O)c1N)SCC(=O)C1CCCCC1C. The summed E-state index contributed by atoms with van der Waals surface area (Å²) in [5, 5.41) is 0.671. The molecule has 2 unspecified atom stereocenters. The number of H-pyrrole nitrogens is 2. The van der Waals surface area contributed by atoms with Crippen molar-refractivity contribution in [1.29, 1.82) is 0 Å². The second-order valence-corrected chi connectivity index (χ2v) is 7.50. The van der Waals surface area contributed by atoms with E-state index in [1.165, 1.54) is 18.2 Å². The van der Waals surface area contributed by atoms with E-state index < -0.39 is 5.56 Å². The maximum Gasteiger partial charge on any atom is 0.277 e. The molecule has 1 heterocycles. The van der Waals surface area contributed by atoms with Crippen LogP contribution < -0.4 is 11.3 Å². The molecule has 1 saturated carbocycles. The molecule has 0 aromatic carbocycles. The molecular weight excluding hydrogens is 332 g/mol. The number of rotatable bonds is 4. The number of aromatic nitrogens is 2. The molecule has 1 fully saturated rings. The fraction of sp³-hybridized carbons (Fsp3) is 0.600. The zero-order chi connectivity index (χ0) is 17.0. The number of carbonyl (C=O) groups excluding carboxylic acids is 1. The van der Waals surface area contributed by atoms with Crippen LogP contribution in [0.2, 0.25) is 0 Å². The van der Waals surface area contributed by atoms with Crippen molar-refractivity contribution in [1.82, 2.24) is 9.97 Å². The number of anilines is 1. The quantitative estimate of drug-likeness (QED) is 0.437. The van der Waals surface area contributed by atoms with E-state index in [0.717, 1.165) is 19.3 Å². The van der Waals surface area contributed by atoms with Crippen LogP contribution >= 0.6 is 24.0 Å². The van der Waals surface area contributed by atoms with Gasteiger partial charge in [0.2, 0.25) is 0 Å². The summed E-state index contributed by atoms with van der Waals surface area (Å²) in [5.41, 5.74) is 5.22. The third kappa shape index (κ3) is 4.78. The minimum Gasteiger partial charge on any atom is -0.391 e. The van der Waals surface area contributed by atoms with Crippen LogP contribution in [0.4, 0.5) is 11.5 Å². The molecule has 0 spiro atoms. The first-order chi connectivity index (χ1) is 10.9. The minimum atomic E-state index is -0.461. The Hall–Kier alpha value is -1.41.